The molecule has 0 bridgehead atoms. The van der Waals surface area contributed by atoms with E-state index in [1.807, 2.05) is 13.8 Å². The second-order valence-corrected chi connectivity index (χ2v) is 4.84. The lowest BCUT2D eigenvalue weighted by Crippen LogP contribution is -2.38. The molecule has 0 aromatic heterocycles. The fraction of sp³-hybridized carbons (Fsp3) is 0.429. The van der Waals surface area contributed by atoms with Crippen LogP contribution in [0.5, 0.6) is 0 Å². The predicted octanol–water partition coefficient (Wildman–Crippen LogP) is 1.64. The first-order chi connectivity index (χ1) is 8.90. The zero-order valence-corrected chi connectivity index (χ0v) is 11.4. The molecule has 0 aliphatic rings. The fourth-order valence-corrected chi connectivity index (χ4v) is 1.43. The lowest BCUT2D eigenvalue weighted by atomic mass is 10.1. The summed E-state index contributed by atoms with van der Waals surface area (Å²) in [6, 6.07) is 4.09. The van der Waals surface area contributed by atoms with Crippen molar-refractivity contribution in [3.63, 3.8) is 0 Å². The lowest BCUT2D eigenvalue weighted by Gasteiger charge is -2.09. The van der Waals surface area contributed by atoms with E-state index in [1.54, 1.807) is 6.92 Å². The third-order valence-electron chi connectivity index (χ3n) is 2.54. The summed E-state index contributed by atoms with van der Waals surface area (Å²) in [5, 5.41) is 5.19. The molecule has 104 valence electrons. The van der Waals surface area contributed by atoms with Crippen molar-refractivity contribution in [3.8, 4) is 0 Å². The Labute approximate surface area is 112 Å². The summed E-state index contributed by atoms with van der Waals surface area (Å²) in [7, 11) is 0. The van der Waals surface area contributed by atoms with Gasteiger partial charge in [-0.1, -0.05) is 13.8 Å². The van der Waals surface area contributed by atoms with E-state index in [-0.39, 0.29) is 24.2 Å². The molecule has 1 aromatic carbocycles. The van der Waals surface area contributed by atoms with E-state index in [2.05, 4.69) is 10.6 Å². The average Bonchev–Trinajstić information content (AvgIpc) is 2.36. The Kier molecular flexibility index (Phi) is 5.48. The SMILES string of the molecule is Cc1cc(C(=O)NCC(=O)NCC(C)C)ccc1F. The number of nitrogens with one attached hydrogen (secondary N) is 2. The van der Waals surface area contributed by atoms with Gasteiger partial charge >= 0.3 is 0 Å². The van der Waals surface area contributed by atoms with Crippen molar-refractivity contribution in [2.45, 2.75) is 20.8 Å². The van der Waals surface area contributed by atoms with Crippen LogP contribution in [0.15, 0.2) is 18.2 Å². The van der Waals surface area contributed by atoms with Crippen molar-refractivity contribution in [2.24, 2.45) is 5.92 Å². The highest BCUT2D eigenvalue weighted by Gasteiger charge is 2.09. The smallest absolute Gasteiger partial charge is 0.251 e. The van der Waals surface area contributed by atoms with Crippen LogP contribution in [-0.2, 0) is 4.79 Å². The Bertz CT molecular complexity index is 473. The molecule has 1 rings (SSSR count). The van der Waals surface area contributed by atoms with Gasteiger partial charge in [0.15, 0.2) is 0 Å². The highest BCUT2D eigenvalue weighted by molar-refractivity contribution is 5.96. The quantitative estimate of drug-likeness (QED) is 0.851. The van der Waals surface area contributed by atoms with Crippen molar-refractivity contribution in [3.05, 3.63) is 35.1 Å². The molecule has 0 atom stereocenters. The van der Waals surface area contributed by atoms with E-state index in [0.717, 1.165) is 0 Å². The molecule has 0 aliphatic heterocycles. The Morgan fingerprint density at radius 2 is 1.95 bits per heavy atom. The van der Waals surface area contributed by atoms with Gasteiger partial charge in [0.1, 0.15) is 5.82 Å². The summed E-state index contributed by atoms with van der Waals surface area (Å²) in [5.41, 5.74) is 0.743. The van der Waals surface area contributed by atoms with E-state index >= 15 is 0 Å². The van der Waals surface area contributed by atoms with E-state index in [4.69, 9.17) is 0 Å². The van der Waals surface area contributed by atoms with Gasteiger partial charge in [0.25, 0.3) is 5.91 Å². The molecular formula is C14H19FN2O2. The van der Waals surface area contributed by atoms with Gasteiger partial charge in [-0.3, -0.25) is 9.59 Å². The van der Waals surface area contributed by atoms with Crippen LogP contribution in [0.3, 0.4) is 0 Å². The lowest BCUT2D eigenvalue weighted by molar-refractivity contribution is -0.120. The number of hydrogen-bond donors (Lipinski definition) is 2. The maximum atomic E-state index is 13.1. The van der Waals surface area contributed by atoms with Crippen molar-refractivity contribution in [1.29, 1.82) is 0 Å². The monoisotopic (exact) mass is 266 g/mol. The Hall–Kier alpha value is -1.91. The first-order valence-electron chi connectivity index (χ1n) is 6.21. The Balaban J connectivity index is 2.47. The van der Waals surface area contributed by atoms with Gasteiger partial charge in [0.2, 0.25) is 5.91 Å². The average molecular weight is 266 g/mol. The van der Waals surface area contributed by atoms with Crippen LogP contribution < -0.4 is 10.6 Å². The summed E-state index contributed by atoms with van der Waals surface area (Å²) in [4.78, 5) is 23.2. The molecule has 0 saturated carbocycles. The molecule has 2 amide bonds. The van der Waals surface area contributed by atoms with Gasteiger partial charge in [-0.25, -0.2) is 4.39 Å². The molecule has 0 spiro atoms. The standard InChI is InChI=1S/C14H19FN2O2/c1-9(2)7-16-13(18)8-17-14(19)11-4-5-12(15)10(3)6-11/h4-6,9H,7-8H2,1-3H3,(H,16,18)(H,17,19). The maximum absolute atomic E-state index is 13.1. The molecule has 0 heterocycles. The van der Waals surface area contributed by atoms with Crippen LogP contribution in [0.2, 0.25) is 0 Å². The number of rotatable bonds is 5. The number of hydrogen-bond acceptors (Lipinski definition) is 2. The molecule has 0 unspecified atom stereocenters. The third kappa shape index (κ3) is 5.07. The topological polar surface area (TPSA) is 58.2 Å². The minimum Gasteiger partial charge on any atom is -0.354 e. The normalized spacial score (nSPS) is 10.4. The number of carbonyl (C=O) groups is 2. The fourth-order valence-electron chi connectivity index (χ4n) is 1.43. The van der Waals surface area contributed by atoms with Crippen LogP contribution in [0.1, 0.15) is 29.8 Å². The van der Waals surface area contributed by atoms with Gasteiger partial charge in [-0.05, 0) is 36.6 Å². The van der Waals surface area contributed by atoms with Gasteiger partial charge in [0, 0.05) is 12.1 Å². The van der Waals surface area contributed by atoms with E-state index in [9.17, 15) is 14.0 Å². The van der Waals surface area contributed by atoms with Crippen molar-refractivity contribution >= 4 is 11.8 Å². The maximum Gasteiger partial charge on any atom is 0.251 e. The molecule has 0 aliphatic carbocycles. The van der Waals surface area contributed by atoms with Crippen LogP contribution in [0.25, 0.3) is 0 Å². The molecule has 0 fully saturated rings. The van der Waals surface area contributed by atoms with E-state index in [0.29, 0.717) is 23.6 Å². The van der Waals surface area contributed by atoms with E-state index in [1.165, 1.54) is 18.2 Å². The molecule has 0 radical (unpaired) electrons. The second kappa shape index (κ2) is 6.87. The van der Waals surface area contributed by atoms with Crippen LogP contribution in [-0.4, -0.2) is 24.9 Å². The summed E-state index contributed by atoms with van der Waals surface area (Å²) >= 11 is 0. The molecule has 19 heavy (non-hydrogen) atoms. The number of carbonyl (C=O) groups excluding carboxylic acids is 2. The van der Waals surface area contributed by atoms with Crippen molar-refractivity contribution in [1.82, 2.24) is 10.6 Å². The van der Waals surface area contributed by atoms with Gasteiger partial charge in [0.05, 0.1) is 6.54 Å². The Morgan fingerprint density at radius 1 is 1.26 bits per heavy atom. The second-order valence-electron chi connectivity index (χ2n) is 4.84. The number of amides is 2. The summed E-state index contributed by atoms with van der Waals surface area (Å²) < 4.78 is 13.1. The molecule has 1 aromatic rings. The molecule has 4 nitrogen and oxygen atoms in total. The third-order valence-corrected chi connectivity index (χ3v) is 2.54. The number of aryl methyl sites for hydroxylation is 1. The summed E-state index contributed by atoms with van der Waals surface area (Å²) in [6.07, 6.45) is 0. The summed E-state index contributed by atoms with van der Waals surface area (Å²) in [5.74, 6) is -0.616. The largest absolute Gasteiger partial charge is 0.354 e. The number of benzene rings is 1. The highest BCUT2D eigenvalue weighted by atomic mass is 19.1. The van der Waals surface area contributed by atoms with Gasteiger partial charge in [-0.2, -0.15) is 0 Å². The first-order valence-corrected chi connectivity index (χ1v) is 6.21. The van der Waals surface area contributed by atoms with Crippen molar-refractivity contribution in [2.75, 3.05) is 13.1 Å². The molecular weight excluding hydrogens is 247 g/mol. The Morgan fingerprint density at radius 3 is 2.53 bits per heavy atom. The zero-order chi connectivity index (χ0) is 14.4. The minimum atomic E-state index is -0.386. The first kappa shape index (κ1) is 15.1. The number of halogens is 1. The zero-order valence-electron chi connectivity index (χ0n) is 11.4. The predicted molar refractivity (Wildman–Crippen MR) is 71.3 cm³/mol. The van der Waals surface area contributed by atoms with Crippen LogP contribution in [0, 0.1) is 18.7 Å². The van der Waals surface area contributed by atoms with E-state index < -0.39 is 0 Å². The van der Waals surface area contributed by atoms with Crippen molar-refractivity contribution < 1.29 is 14.0 Å². The van der Waals surface area contributed by atoms with Crippen LogP contribution in [0.4, 0.5) is 4.39 Å². The van der Waals surface area contributed by atoms with Gasteiger partial charge in [-0.15, -0.1) is 0 Å². The van der Waals surface area contributed by atoms with Gasteiger partial charge < -0.3 is 10.6 Å². The minimum absolute atomic E-state index is 0.0814. The molecule has 2 N–H and O–H groups in total. The summed E-state index contributed by atoms with van der Waals surface area (Å²) in [6.45, 7) is 6.05. The molecule has 5 heteroatoms. The van der Waals surface area contributed by atoms with Crippen LogP contribution >= 0.6 is 0 Å². The molecule has 0 saturated heterocycles. The highest BCUT2D eigenvalue weighted by Crippen LogP contribution is 2.08.